The second-order valence-electron chi connectivity index (χ2n) is 7.61. The van der Waals surface area contributed by atoms with Crippen molar-refractivity contribution in [2.24, 2.45) is 0 Å². The van der Waals surface area contributed by atoms with Crippen LogP contribution >= 0.6 is 0 Å². The van der Waals surface area contributed by atoms with E-state index in [0.29, 0.717) is 6.07 Å². The molecule has 1 N–H and O–H groups in total. The molecule has 1 saturated heterocycles. The zero-order chi connectivity index (χ0) is 21.8. The topological polar surface area (TPSA) is 41.6 Å². The first-order valence-corrected chi connectivity index (χ1v) is 9.86. The SMILES string of the molecule is CC1CN(c2cccc(C(C)NC(=O)/C=C/c3cc(F)cc(F)c3F)c2)CC(C)O1. The number of halogens is 3. The summed E-state index contributed by atoms with van der Waals surface area (Å²) in [6.07, 6.45) is 2.37. The van der Waals surface area contributed by atoms with Crippen molar-refractivity contribution in [1.29, 1.82) is 0 Å². The summed E-state index contributed by atoms with van der Waals surface area (Å²) in [5, 5.41) is 2.78. The van der Waals surface area contributed by atoms with Gasteiger partial charge in [0.2, 0.25) is 5.91 Å². The lowest BCUT2D eigenvalue weighted by Crippen LogP contribution is -2.45. The molecule has 4 nitrogen and oxygen atoms in total. The van der Waals surface area contributed by atoms with E-state index in [4.69, 9.17) is 4.74 Å². The number of anilines is 1. The van der Waals surface area contributed by atoms with Crippen molar-refractivity contribution in [1.82, 2.24) is 5.32 Å². The Morgan fingerprint density at radius 2 is 1.87 bits per heavy atom. The van der Waals surface area contributed by atoms with Gasteiger partial charge in [0.05, 0.1) is 18.2 Å². The fraction of sp³-hybridized carbons (Fsp3) is 0.348. The van der Waals surface area contributed by atoms with Crippen molar-refractivity contribution < 1.29 is 22.7 Å². The Bertz CT molecular complexity index is 938. The second kappa shape index (κ2) is 9.34. The number of carbonyl (C=O) groups is 1. The average molecular weight is 418 g/mol. The molecule has 7 heteroatoms. The highest BCUT2D eigenvalue weighted by molar-refractivity contribution is 5.92. The van der Waals surface area contributed by atoms with Crippen molar-refractivity contribution in [3.05, 3.63) is 71.1 Å². The average Bonchev–Trinajstić information content (AvgIpc) is 2.69. The van der Waals surface area contributed by atoms with E-state index in [1.807, 2.05) is 45.0 Å². The van der Waals surface area contributed by atoms with Gasteiger partial charge in [0, 0.05) is 36.5 Å². The maximum absolute atomic E-state index is 13.7. The summed E-state index contributed by atoms with van der Waals surface area (Å²) in [7, 11) is 0. The summed E-state index contributed by atoms with van der Waals surface area (Å²) in [5.41, 5.74) is 1.63. The maximum atomic E-state index is 13.7. The lowest BCUT2D eigenvalue weighted by Gasteiger charge is -2.37. The van der Waals surface area contributed by atoms with E-state index in [9.17, 15) is 18.0 Å². The van der Waals surface area contributed by atoms with Gasteiger partial charge in [0.1, 0.15) is 5.82 Å². The molecular formula is C23H25F3N2O2. The van der Waals surface area contributed by atoms with Gasteiger partial charge in [-0.2, -0.15) is 0 Å². The van der Waals surface area contributed by atoms with E-state index in [1.54, 1.807) is 0 Å². The monoisotopic (exact) mass is 418 g/mol. The minimum Gasteiger partial charge on any atom is -0.372 e. The molecule has 0 bridgehead atoms. The molecule has 0 aliphatic carbocycles. The zero-order valence-corrected chi connectivity index (χ0v) is 17.2. The van der Waals surface area contributed by atoms with E-state index in [-0.39, 0.29) is 23.8 Å². The summed E-state index contributed by atoms with van der Waals surface area (Å²) < 4.78 is 46.0. The molecule has 2 aromatic rings. The van der Waals surface area contributed by atoms with Gasteiger partial charge in [-0.05, 0) is 50.6 Å². The van der Waals surface area contributed by atoms with Gasteiger partial charge in [0.15, 0.2) is 11.6 Å². The molecule has 1 heterocycles. The van der Waals surface area contributed by atoms with Crippen molar-refractivity contribution in [3.8, 4) is 0 Å². The van der Waals surface area contributed by atoms with Crippen LogP contribution in [0.5, 0.6) is 0 Å². The van der Waals surface area contributed by atoms with Crippen LogP contribution in [0.3, 0.4) is 0 Å². The molecule has 160 valence electrons. The molecule has 3 unspecified atom stereocenters. The minimum atomic E-state index is -1.30. The third kappa shape index (κ3) is 5.42. The first kappa shape index (κ1) is 21.9. The van der Waals surface area contributed by atoms with Gasteiger partial charge >= 0.3 is 0 Å². The van der Waals surface area contributed by atoms with E-state index in [0.717, 1.165) is 42.6 Å². The number of hydrogen-bond acceptors (Lipinski definition) is 3. The van der Waals surface area contributed by atoms with Crippen LogP contribution in [0.4, 0.5) is 18.9 Å². The predicted molar refractivity (Wildman–Crippen MR) is 111 cm³/mol. The van der Waals surface area contributed by atoms with Crippen LogP contribution in [0.2, 0.25) is 0 Å². The van der Waals surface area contributed by atoms with E-state index < -0.39 is 23.4 Å². The number of nitrogens with one attached hydrogen (secondary N) is 1. The Hall–Kier alpha value is -2.80. The molecule has 1 aliphatic heterocycles. The maximum Gasteiger partial charge on any atom is 0.244 e. The third-order valence-corrected chi connectivity index (χ3v) is 4.95. The summed E-state index contributed by atoms with van der Waals surface area (Å²) in [6, 6.07) is 8.85. The first-order valence-electron chi connectivity index (χ1n) is 9.86. The van der Waals surface area contributed by atoms with Crippen molar-refractivity contribution in [3.63, 3.8) is 0 Å². The van der Waals surface area contributed by atoms with Crippen LogP contribution in [0.25, 0.3) is 6.08 Å². The Kier molecular flexibility index (Phi) is 6.82. The van der Waals surface area contributed by atoms with Crippen LogP contribution < -0.4 is 10.2 Å². The summed E-state index contributed by atoms with van der Waals surface area (Å²) in [6.45, 7) is 7.47. The zero-order valence-electron chi connectivity index (χ0n) is 17.2. The number of rotatable bonds is 5. The van der Waals surface area contributed by atoms with Gasteiger partial charge < -0.3 is 15.0 Å². The summed E-state index contributed by atoms with van der Waals surface area (Å²) in [5.74, 6) is -3.90. The predicted octanol–water partition coefficient (Wildman–Crippen LogP) is 4.61. The van der Waals surface area contributed by atoms with E-state index >= 15 is 0 Å². The Labute approximate surface area is 174 Å². The molecule has 3 atom stereocenters. The van der Waals surface area contributed by atoms with Crippen molar-refractivity contribution >= 4 is 17.7 Å². The smallest absolute Gasteiger partial charge is 0.244 e. The highest BCUT2D eigenvalue weighted by atomic mass is 19.2. The molecule has 0 aromatic heterocycles. The molecule has 1 fully saturated rings. The molecule has 2 aromatic carbocycles. The van der Waals surface area contributed by atoms with Crippen LogP contribution in [0, 0.1) is 17.5 Å². The number of hydrogen-bond donors (Lipinski definition) is 1. The van der Waals surface area contributed by atoms with E-state index in [2.05, 4.69) is 10.2 Å². The van der Waals surface area contributed by atoms with Crippen LogP contribution in [0.15, 0.2) is 42.5 Å². The standard InChI is InChI=1S/C23H25F3N2O2/c1-14-12-28(13-15(2)30-14)20-6-4-5-17(10-20)16(3)27-22(29)8-7-18-9-19(24)11-21(25)23(18)26/h4-11,14-16H,12-13H2,1-3H3,(H,27,29)/b8-7+. The fourth-order valence-electron chi connectivity index (χ4n) is 3.59. The normalized spacial score (nSPS) is 20.4. The molecule has 30 heavy (non-hydrogen) atoms. The highest BCUT2D eigenvalue weighted by Gasteiger charge is 2.22. The number of morpholine rings is 1. The van der Waals surface area contributed by atoms with Crippen LogP contribution in [0.1, 0.15) is 37.9 Å². The molecule has 3 rings (SSSR count). The fourth-order valence-corrected chi connectivity index (χ4v) is 3.59. The van der Waals surface area contributed by atoms with Gasteiger partial charge in [-0.25, -0.2) is 13.2 Å². The number of ether oxygens (including phenoxy) is 1. The van der Waals surface area contributed by atoms with Gasteiger partial charge in [-0.1, -0.05) is 12.1 Å². The van der Waals surface area contributed by atoms with Gasteiger partial charge in [0.25, 0.3) is 0 Å². The molecule has 1 amide bonds. The van der Waals surface area contributed by atoms with Crippen LogP contribution in [-0.4, -0.2) is 31.2 Å². The third-order valence-electron chi connectivity index (χ3n) is 4.95. The largest absolute Gasteiger partial charge is 0.372 e. The minimum absolute atomic E-state index is 0.132. The first-order chi connectivity index (χ1) is 14.2. The quantitative estimate of drug-likeness (QED) is 0.570. The molecule has 0 saturated carbocycles. The highest BCUT2D eigenvalue weighted by Crippen LogP contribution is 2.24. The molecule has 0 radical (unpaired) electrons. The van der Waals surface area contributed by atoms with Crippen molar-refractivity contribution in [2.75, 3.05) is 18.0 Å². The molecule has 1 aliphatic rings. The number of carbonyl (C=O) groups excluding carboxylic acids is 1. The number of amides is 1. The molecule has 0 spiro atoms. The summed E-state index contributed by atoms with van der Waals surface area (Å²) in [4.78, 5) is 14.5. The lowest BCUT2D eigenvalue weighted by atomic mass is 10.1. The Morgan fingerprint density at radius 3 is 2.57 bits per heavy atom. The van der Waals surface area contributed by atoms with Crippen molar-refractivity contribution in [2.45, 2.75) is 39.0 Å². The second-order valence-corrected chi connectivity index (χ2v) is 7.61. The molecular weight excluding hydrogens is 393 g/mol. The number of benzene rings is 2. The van der Waals surface area contributed by atoms with E-state index in [1.165, 1.54) is 0 Å². The van der Waals surface area contributed by atoms with Crippen LogP contribution in [-0.2, 0) is 9.53 Å². The summed E-state index contributed by atoms with van der Waals surface area (Å²) >= 11 is 0. The Morgan fingerprint density at radius 1 is 1.17 bits per heavy atom. The lowest BCUT2D eigenvalue weighted by molar-refractivity contribution is -0.117. The van der Waals surface area contributed by atoms with Gasteiger partial charge in [-0.3, -0.25) is 4.79 Å². The van der Waals surface area contributed by atoms with Gasteiger partial charge in [-0.15, -0.1) is 0 Å². The Balaban J connectivity index is 1.67. The number of nitrogens with zero attached hydrogens (tertiary/aromatic N) is 1.